The minimum atomic E-state index is -3.72. The van der Waals surface area contributed by atoms with E-state index in [2.05, 4.69) is 4.83 Å². The van der Waals surface area contributed by atoms with E-state index in [1.54, 1.807) is 20.2 Å². The fraction of sp³-hybridized carbons (Fsp3) is 0.222. The molecule has 7 heteroatoms. The van der Waals surface area contributed by atoms with Crippen LogP contribution in [-0.4, -0.2) is 27.5 Å². The van der Waals surface area contributed by atoms with Crippen LogP contribution in [-0.2, 0) is 10.0 Å². The number of hydrogen-bond acceptors (Lipinski definition) is 5. The van der Waals surface area contributed by atoms with E-state index in [9.17, 15) is 8.42 Å². The lowest BCUT2D eigenvalue weighted by atomic mass is 10.2. The average Bonchev–Trinajstić information content (AvgIpc) is 2.15. The molecule has 16 heavy (non-hydrogen) atoms. The largest absolute Gasteiger partial charge is 0.399 e. The fourth-order valence-electron chi connectivity index (χ4n) is 1.16. The zero-order valence-corrected chi connectivity index (χ0v) is 9.75. The van der Waals surface area contributed by atoms with Gasteiger partial charge in [0.25, 0.3) is 10.0 Å². The first-order chi connectivity index (χ1) is 7.36. The Morgan fingerprint density at radius 1 is 1.44 bits per heavy atom. The van der Waals surface area contributed by atoms with Gasteiger partial charge in [-0.25, -0.2) is 13.4 Å². The summed E-state index contributed by atoms with van der Waals surface area (Å²) in [6.45, 7) is 0. The van der Waals surface area contributed by atoms with Crippen molar-refractivity contribution in [2.75, 3.05) is 19.8 Å². The van der Waals surface area contributed by atoms with E-state index in [0.717, 1.165) is 0 Å². The summed E-state index contributed by atoms with van der Waals surface area (Å²) in [6.07, 6.45) is 0. The van der Waals surface area contributed by atoms with E-state index in [-0.39, 0.29) is 10.5 Å². The topological polar surface area (TPSA) is 99.2 Å². The highest BCUT2D eigenvalue weighted by molar-refractivity contribution is 7.89. The Kier molecular flexibility index (Phi) is 3.49. The van der Waals surface area contributed by atoms with E-state index in [4.69, 9.17) is 11.0 Å². The standard InChI is InChI=1S/C9H12N4O2S/c1-13(2)12-16(14,15)9-4-3-8(11)5-7(9)6-10/h3-5,12H,11H2,1-2H3. The third kappa shape index (κ3) is 2.70. The lowest BCUT2D eigenvalue weighted by Crippen LogP contribution is -2.36. The van der Waals surface area contributed by atoms with Gasteiger partial charge >= 0.3 is 0 Å². The smallest absolute Gasteiger partial charge is 0.254 e. The molecule has 0 radical (unpaired) electrons. The molecule has 0 aromatic heterocycles. The van der Waals surface area contributed by atoms with E-state index >= 15 is 0 Å². The van der Waals surface area contributed by atoms with Crippen molar-refractivity contribution < 1.29 is 8.42 Å². The maximum absolute atomic E-state index is 11.8. The number of rotatable bonds is 3. The molecule has 6 nitrogen and oxygen atoms in total. The molecule has 0 aliphatic carbocycles. The summed E-state index contributed by atoms with van der Waals surface area (Å²) in [4.78, 5) is 2.16. The van der Waals surface area contributed by atoms with Crippen LogP contribution in [0.3, 0.4) is 0 Å². The molecule has 1 aromatic rings. The molecule has 1 rings (SSSR count). The molecule has 0 heterocycles. The number of nitrogen functional groups attached to an aromatic ring is 1. The Labute approximate surface area is 94.3 Å². The van der Waals surface area contributed by atoms with Gasteiger partial charge in [0.1, 0.15) is 11.0 Å². The lowest BCUT2D eigenvalue weighted by Gasteiger charge is -2.13. The molecular weight excluding hydrogens is 228 g/mol. The van der Waals surface area contributed by atoms with Crippen LogP contribution in [0, 0.1) is 11.3 Å². The zero-order chi connectivity index (χ0) is 12.3. The number of sulfonamides is 1. The zero-order valence-electron chi connectivity index (χ0n) is 8.93. The summed E-state index contributed by atoms with van der Waals surface area (Å²) in [6, 6.07) is 5.86. The van der Waals surface area contributed by atoms with Gasteiger partial charge in [-0.2, -0.15) is 5.26 Å². The molecule has 0 fully saturated rings. The van der Waals surface area contributed by atoms with Gasteiger partial charge in [-0.1, -0.05) is 0 Å². The molecule has 1 aromatic carbocycles. The third-order valence-corrected chi connectivity index (χ3v) is 3.26. The van der Waals surface area contributed by atoms with Crippen LogP contribution in [0.25, 0.3) is 0 Å². The van der Waals surface area contributed by atoms with Crippen molar-refractivity contribution in [1.29, 1.82) is 5.26 Å². The van der Waals surface area contributed by atoms with Gasteiger partial charge in [-0.05, 0) is 18.2 Å². The van der Waals surface area contributed by atoms with E-state index in [0.29, 0.717) is 5.69 Å². The van der Waals surface area contributed by atoms with Crippen LogP contribution in [0.2, 0.25) is 0 Å². The molecule has 0 atom stereocenters. The molecule has 0 aliphatic heterocycles. The minimum Gasteiger partial charge on any atom is -0.399 e. The van der Waals surface area contributed by atoms with Crippen molar-refractivity contribution >= 4 is 15.7 Å². The molecule has 0 spiro atoms. The van der Waals surface area contributed by atoms with Crippen LogP contribution >= 0.6 is 0 Å². The molecule has 0 unspecified atom stereocenters. The predicted octanol–water partition coefficient (Wildman–Crippen LogP) is -0.105. The monoisotopic (exact) mass is 240 g/mol. The van der Waals surface area contributed by atoms with Crippen molar-refractivity contribution in [3.8, 4) is 6.07 Å². The Hall–Kier alpha value is -1.62. The Balaban J connectivity index is 3.29. The Morgan fingerprint density at radius 2 is 2.06 bits per heavy atom. The molecule has 0 bridgehead atoms. The highest BCUT2D eigenvalue weighted by Gasteiger charge is 2.19. The van der Waals surface area contributed by atoms with E-state index in [1.807, 2.05) is 0 Å². The molecule has 3 N–H and O–H groups in total. The van der Waals surface area contributed by atoms with Gasteiger partial charge in [0.2, 0.25) is 0 Å². The van der Waals surface area contributed by atoms with Crippen LogP contribution in [0.1, 0.15) is 5.56 Å². The lowest BCUT2D eigenvalue weighted by molar-refractivity contribution is 0.364. The minimum absolute atomic E-state index is 0.0225. The fourth-order valence-corrected chi connectivity index (χ4v) is 2.38. The highest BCUT2D eigenvalue weighted by Crippen LogP contribution is 2.17. The average molecular weight is 240 g/mol. The molecule has 0 saturated carbocycles. The molecule has 86 valence electrons. The van der Waals surface area contributed by atoms with Crippen molar-refractivity contribution in [3.63, 3.8) is 0 Å². The molecular formula is C9H12N4O2S. The summed E-state index contributed by atoms with van der Waals surface area (Å²) >= 11 is 0. The van der Waals surface area contributed by atoms with Crippen molar-refractivity contribution in [1.82, 2.24) is 9.84 Å². The summed E-state index contributed by atoms with van der Waals surface area (Å²) in [5.74, 6) is 0. The number of benzene rings is 1. The first-order valence-electron chi connectivity index (χ1n) is 4.36. The summed E-state index contributed by atoms with van der Waals surface area (Å²) in [5, 5.41) is 10.1. The first kappa shape index (κ1) is 12.4. The van der Waals surface area contributed by atoms with Crippen LogP contribution in [0.4, 0.5) is 5.69 Å². The number of hydrogen-bond donors (Lipinski definition) is 2. The maximum atomic E-state index is 11.8. The molecule has 0 saturated heterocycles. The van der Waals surface area contributed by atoms with Crippen LogP contribution in [0.5, 0.6) is 0 Å². The number of nitrogens with two attached hydrogens (primary N) is 1. The summed E-state index contributed by atoms with van der Waals surface area (Å²) < 4.78 is 23.6. The first-order valence-corrected chi connectivity index (χ1v) is 5.84. The highest BCUT2D eigenvalue weighted by atomic mass is 32.2. The second kappa shape index (κ2) is 4.49. The maximum Gasteiger partial charge on any atom is 0.254 e. The Bertz CT molecular complexity index is 531. The molecule has 0 aliphatic rings. The Morgan fingerprint density at radius 3 is 2.56 bits per heavy atom. The normalized spacial score (nSPS) is 11.4. The quantitative estimate of drug-likeness (QED) is 0.567. The van der Waals surface area contributed by atoms with Gasteiger partial charge < -0.3 is 5.73 Å². The van der Waals surface area contributed by atoms with Gasteiger partial charge in [0.15, 0.2) is 0 Å². The summed E-state index contributed by atoms with van der Waals surface area (Å²) in [7, 11) is -0.636. The second-order valence-electron chi connectivity index (χ2n) is 3.36. The van der Waals surface area contributed by atoms with E-state index < -0.39 is 10.0 Å². The summed E-state index contributed by atoms with van der Waals surface area (Å²) in [5.41, 5.74) is 5.84. The van der Waals surface area contributed by atoms with Crippen molar-refractivity contribution in [3.05, 3.63) is 23.8 Å². The SMILES string of the molecule is CN(C)NS(=O)(=O)c1ccc(N)cc1C#N. The number of nitrogens with zero attached hydrogens (tertiary/aromatic N) is 2. The van der Waals surface area contributed by atoms with E-state index in [1.165, 1.54) is 23.2 Å². The van der Waals surface area contributed by atoms with Crippen LogP contribution < -0.4 is 10.6 Å². The predicted molar refractivity (Wildman–Crippen MR) is 59.6 cm³/mol. The second-order valence-corrected chi connectivity index (χ2v) is 4.99. The van der Waals surface area contributed by atoms with Gasteiger partial charge in [0.05, 0.1) is 5.56 Å². The third-order valence-electron chi connectivity index (χ3n) is 1.72. The van der Waals surface area contributed by atoms with Gasteiger partial charge in [-0.3, -0.25) is 0 Å². The van der Waals surface area contributed by atoms with Gasteiger partial charge in [0, 0.05) is 19.8 Å². The van der Waals surface area contributed by atoms with Crippen LogP contribution in [0.15, 0.2) is 23.1 Å². The number of nitriles is 1. The number of nitrogens with one attached hydrogen (secondary N) is 1. The number of anilines is 1. The van der Waals surface area contributed by atoms with Crippen molar-refractivity contribution in [2.45, 2.75) is 4.90 Å². The molecule has 0 amide bonds. The van der Waals surface area contributed by atoms with Crippen molar-refractivity contribution in [2.24, 2.45) is 0 Å². The number of hydrazine groups is 1. The van der Waals surface area contributed by atoms with Gasteiger partial charge in [-0.15, -0.1) is 4.83 Å².